The normalized spacial score (nSPS) is 11.8. The van der Waals surface area contributed by atoms with Gasteiger partial charge in [-0.05, 0) is 33.8 Å². The van der Waals surface area contributed by atoms with E-state index in [2.05, 4.69) is 5.48 Å². The maximum atomic E-state index is 13.6. The average molecular weight is 265 g/mol. The lowest BCUT2D eigenvalue weighted by molar-refractivity contribution is -0.0598. The minimum atomic E-state index is -0.525. The quantitative estimate of drug-likeness (QED) is 0.847. The van der Waals surface area contributed by atoms with Crippen LogP contribution in [0, 0.1) is 12.7 Å². The molecular formula is C14H16FNO3. The van der Waals surface area contributed by atoms with Gasteiger partial charge in [-0.1, -0.05) is 12.1 Å². The Labute approximate surface area is 110 Å². The van der Waals surface area contributed by atoms with Crippen LogP contribution >= 0.6 is 0 Å². The predicted octanol–water partition coefficient (Wildman–Crippen LogP) is 3.34. The molecule has 0 aliphatic carbocycles. The van der Waals surface area contributed by atoms with E-state index in [4.69, 9.17) is 9.25 Å². The van der Waals surface area contributed by atoms with Crippen molar-refractivity contribution in [2.75, 3.05) is 0 Å². The van der Waals surface area contributed by atoms with Gasteiger partial charge in [-0.15, -0.1) is 0 Å². The summed E-state index contributed by atoms with van der Waals surface area (Å²) < 4.78 is 18.9. The fourth-order valence-corrected chi connectivity index (χ4v) is 1.67. The van der Waals surface area contributed by atoms with Gasteiger partial charge < -0.3 is 4.42 Å². The third-order valence-electron chi connectivity index (χ3n) is 2.57. The molecule has 0 bridgehead atoms. The van der Waals surface area contributed by atoms with Crippen molar-refractivity contribution >= 4 is 16.9 Å². The van der Waals surface area contributed by atoms with Crippen molar-refractivity contribution in [3.63, 3.8) is 0 Å². The van der Waals surface area contributed by atoms with Crippen LogP contribution in [-0.2, 0) is 4.84 Å². The van der Waals surface area contributed by atoms with Crippen molar-refractivity contribution in [1.29, 1.82) is 0 Å². The number of halogens is 1. The van der Waals surface area contributed by atoms with E-state index in [-0.39, 0.29) is 11.3 Å². The zero-order chi connectivity index (χ0) is 14.2. The Morgan fingerprint density at radius 3 is 2.63 bits per heavy atom. The van der Waals surface area contributed by atoms with Gasteiger partial charge in [-0.25, -0.2) is 9.87 Å². The molecule has 0 saturated heterocycles. The molecule has 4 nitrogen and oxygen atoms in total. The van der Waals surface area contributed by atoms with E-state index in [0.29, 0.717) is 10.9 Å². The largest absolute Gasteiger partial charge is 0.447 e. The lowest BCUT2D eigenvalue weighted by Crippen LogP contribution is -2.33. The Morgan fingerprint density at radius 1 is 1.37 bits per heavy atom. The monoisotopic (exact) mass is 265 g/mol. The number of rotatable bonds is 2. The lowest BCUT2D eigenvalue weighted by atomic mass is 10.1. The fraction of sp³-hybridized carbons (Fsp3) is 0.357. The van der Waals surface area contributed by atoms with Crippen LogP contribution in [0.3, 0.4) is 0 Å². The second-order valence-electron chi connectivity index (χ2n) is 5.32. The maximum Gasteiger partial charge on any atom is 0.310 e. The van der Waals surface area contributed by atoms with Crippen LogP contribution in [-0.4, -0.2) is 11.5 Å². The molecule has 5 heteroatoms. The summed E-state index contributed by atoms with van der Waals surface area (Å²) in [5.74, 6) is -0.955. The average Bonchev–Trinajstić information content (AvgIpc) is 2.65. The second kappa shape index (κ2) is 4.66. The number of carbonyl (C=O) groups excluding carboxylic acids is 1. The van der Waals surface area contributed by atoms with Gasteiger partial charge in [0.2, 0.25) is 0 Å². The molecule has 1 aromatic heterocycles. The number of hydroxylamine groups is 1. The van der Waals surface area contributed by atoms with Crippen molar-refractivity contribution in [3.05, 3.63) is 35.3 Å². The summed E-state index contributed by atoms with van der Waals surface area (Å²) >= 11 is 0. The Morgan fingerprint density at radius 2 is 2.05 bits per heavy atom. The number of furan rings is 1. The summed E-state index contributed by atoms with van der Waals surface area (Å²) in [6.45, 7) is 7.12. The van der Waals surface area contributed by atoms with Gasteiger partial charge in [-0.2, -0.15) is 0 Å². The number of amides is 1. The van der Waals surface area contributed by atoms with E-state index in [1.807, 2.05) is 0 Å². The summed E-state index contributed by atoms with van der Waals surface area (Å²) in [5, 5.41) is 0.584. The number of nitrogens with one attached hydrogen (secondary N) is 1. The van der Waals surface area contributed by atoms with Gasteiger partial charge in [0.25, 0.3) is 0 Å². The van der Waals surface area contributed by atoms with E-state index in [0.717, 1.165) is 0 Å². The Bertz CT molecular complexity index is 625. The molecule has 0 spiro atoms. The van der Waals surface area contributed by atoms with Crippen LogP contribution in [0.15, 0.2) is 22.6 Å². The highest BCUT2D eigenvalue weighted by atomic mass is 19.1. The molecule has 19 heavy (non-hydrogen) atoms. The number of benzene rings is 1. The van der Waals surface area contributed by atoms with Gasteiger partial charge >= 0.3 is 5.91 Å². The number of hydrogen-bond acceptors (Lipinski definition) is 3. The van der Waals surface area contributed by atoms with E-state index in [1.54, 1.807) is 39.8 Å². The number of aryl methyl sites for hydroxylation is 1. The molecule has 0 saturated carbocycles. The van der Waals surface area contributed by atoms with Gasteiger partial charge in [0.05, 0.1) is 5.60 Å². The molecule has 0 fully saturated rings. The summed E-state index contributed by atoms with van der Waals surface area (Å²) in [7, 11) is 0. The Balaban J connectivity index is 2.33. The maximum absolute atomic E-state index is 13.6. The standard InChI is InChI=1S/C14H16FNO3/c1-8-9-6-5-7-10(15)12(9)18-11(8)13(17)16-19-14(2,3)4/h5-7H,1-4H3,(H,16,17). The molecule has 1 heterocycles. The third kappa shape index (κ3) is 2.76. The lowest BCUT2D eigenvalue weighted by Gasteiger charge is -2.18. The van der Waals surface area contributed by atoms with E-state index in [9.17, 15) is 9.18 Å². The molecule has 102 valence electrons. The smallest absolute Gasteiger partial charge is 0.310 e. The van der Waals surface area contributed by atoms with Gasteiger partial charge in [0.1, 0.15) is 0 Å². The van der Waals surface area contributed by atoms with Crippen LogP contribution in [0.1, 0.15) is 36.9 Å². The number of carbonyl (C=O) groups is 1. The van der Waals surface area contributed by atoms with Crippen LogP contribution in [0.5, 0.6) is 0 Å². The summed E-state index contributed by atoms with van der Waals surface area (Å²) in [5.41, 5.74) is 2.46. The van der Waals surface area contributed by atoms with E-state index in [1.165, 1.54) is 6.07 Å². The number of fused-ring (bicyclic) bond motifs is 1. The molecule has 0 atom stereocenters. The topological polar surface area (TPSA) is 51.5 Å². The number of para-hydroxylation sites is 1. The Hall–Kier alpha value is -1.88. The predicted molar refractivity (Wildman–Crippen MR) is 69.2 cm³/mol. The minimum Gasteiger partial charge on any atom is -0.447 e. The Kier molecular flexibility index (Phi) is 3.32. The van der Waals surface area contributed by atoms with Crippen molar-refractivity contribution < 1.29 is 18.4 Å². The first kappa shape index (κ1) is 13.5. The second-order valence-corrected chi connectivity index (χ2v) is 5.32. The van der Waals surface area contributed by atoms with Crippen molar-refractivity contribution in [3.8, 4) is 0 Å². The van der Waals surface area contributed by atoms with Crippen LogP contribution in [0.4, 0.5) is 4.39 Å². The highest BCUT2D eigenvalue weighted by Crippen LogP contribution is 2.27. The zero-order valence-electron chi connectivity index (χ0n) is 11.3. The van der Waals surface area contributed by atoms with Gasteiger partial charge in [0.15, 0.2) is 17.2 Å². The van der Waals surface area contributed by atoms with Crippen LogP contribution in [0.2, 0.25) is 0 Å². The molecular weight excluding hydrogens is 249 g/mol. The molecule has 2 rings (SSSR count). The van der Waals surface area contributed by atoms with Crippen LogP contribution in [0.25, 0.3) is 11.0 Å². The first-order valence-electron chi connectivity index (χ1n) is 5.95. The molecule has 1 amide bonds. The molecule has 0 aliphatic rings. The van der Waals surface area contributed by atoms with Crippen LogP contribution < -0.4 is 5.48 Å². The SMILES string of the molecule is Cc1c(C(=O)NOC(C)(C)C)oc2c(F)cccc12. The van der Waals surface area contributed by atoms with Gasteiger partial charge in [0, 0.05) is 10.9 Å². The molecule has 0 aliphatic heterocycles. The molecule has 2 aromatic rings. The first-order chi connectivity index (χ1) is 8.79. The van der Waals surface area contributed by atoms with Crippen molar-refractivity contribution in [1.82, 2.24) is 5.48 Å². The summed E-state index contributed by atoms with van der Waals surface area (Å²) in [4.78, 5) is 17.1. The summed E-state index contributed by atoms with van der Waals surface area (Å²) in [6.07, 6.45) is 0. The zero-order valence-corrected chi connectivity index (χ0v) is 11.3. The molecule has 1 aromatic carbocycles. The van der Waals surface area contributed by atoms with E-state index < -0.39 is 17.3 Å². The number of hydrogen-bond donors (Lipinski definition) is 1. The molecule has 1 N–H and O–H groups in total. The molecule has 0 unspecified atom stereocenters. The fourth-order valence-electron chi connectivity index (χ4n) is 1.67. The van der Waals surface area contributed by atoms with E-state index >= 15 is 0 Å². The summed E-state index contributed by atoms with van der Waals surface area (Å²) in [6, 6.07) is 4.57. The highest BCUT2D eigenvalue weighted by molar-refractivity contribution is 5.98. The highest BCUT2D eigenvalue weighted by Gasteiger charge is 2.21. The van der Waals surface area contributed by atoms with Crippen molar-refractivity contribution in [2.24, 2.45) is 0 Å². The van der Waals surface area contributed by atoms with Gasteiger partial charge in [-0.3, -0.25) is 9.63 Å². The minimum absolute atomic E-state index is 0.0596. The molecule has 0 radical (unpaired) electrons. The first-order valence-corrected chi connectivity index (χ1v) is 5.95. The third-order valence-corrected chi connectivity index (χ3v) is 2.57. The van der Waals surface area contributed by atoms with Crippen molar-refractivity contribution in [2.45, 2.75) is 33.3 Å².